The van der Waals surface area contributed by atoms with E-state index in [-0.39, 0.29) is 11.6 Å². The van der Waals surface area contributed by atoms with Gasteiger partial charge in [0.25, 0.3) is 0 Å². The molecule has 2 rings (SSSR count). The smallest absolute Gasteiger partial charge is 0.141 e. The number of halogens is 1. The summed E-state index contributed by atoms with van der Waals surface area (Å²) >= 11 is 1.65. The van der Waals surface area contributed by atoms with Crippen LogP contribution < -0.4 is 5.32 Å². The summed E-state index contributed by atoms with van der Waals surface area (Å²) in [6.07, 6.45) is 0. The number of nitrogens with one attached hydrogen (secondary N) is 1. The first-order valence-corrected chi connectivity index (χ1v) is 6.73. The van der Waals surface area contributed by atoms with E-state index >= 15 is 0 Å². The van der Waals surface area contributed by atoms with E-state index in [1.54, 1.807) is 17.4 Å². The van der Waals surface area contributed by atoms with Gasteiger partial charge >= 0.3 is 0 Å². The lowest BCUT2D eigenvalue weighted by Crippen LogP contribution is -2.08. The second kappa shape index (κ2) is 5.37. The zero-order chi connectivity index (χ0) is 14.0. The molecule has 0 spiro atoms. The Labute approximate surface area is 115 Å². The van der Waals surface area contributed by atoms with Gasteiger partial charge in [0.05, 0.1) is 22.3 Å². The predicted molar refractivity (Wildman–Crippen MR) is 74.7 cm³/mol. The number of nitriles is 1. The van der Waals surface area contributed by atoms with Crippen LogP contribution in [0.5, 0.6) is 0 Å². The van der Waals surface area contributed by atoms with E-state index in [0.29, 0.717) is 0 Å². The van der Waals surface area contributed by atoms with Crippen LogP contribution in [0.4, 0.5) is 10.1 Å². The van der Waals surface area contributed by atoms with Crippen molar-refractivity contribution < 1.29 is 4.39 Å². The molecule has 0 amide bonds. The van der Waals surface area contributed by atoms with Crippen LogP contribution in [0.2, 0.25) is 0 Å². The number of hydrogen-bond acceptors (Lipinski definition) is 4. The maximum absolute atomic E-state index is 13.2. The highest BCUT2D eigenvalue weighted by molar-refractivity contribution is 7.11. The van der Waals surface area contributed by atoms with Crippen molar-refractivity contribution in [1.82, 2.24) is 4.98 Å². The Balaban J connectivity index is 2.22. The third-order valence-electron chi connectivity index (χ3n) is 2.82. The van der Waals surface area contributed by atoms with E-state index in [9.17, 15) is 4.39 Å². The molecule has 1 atom stereocenters. The number of nitrogens with zero attached hydrogens (tertiary/aromatic N) is 2. The summed E-state index contributed by atoms with van der Waals surface area (Å²) in [4.78, 5) is 5.65. The molecule has 2 aromatic rings. The third kappa shape index (κ3) is 2.91. The number of aryl methyl sites for hydroxylation is 2. The molecule has 0 aliphatic carbocycles. The lowest BCUT2D eigenvalue weighted by Gasteiger charge is -2.14. The molecule has 1 N–H and O–H groups in total. The molecular formula is C14H14FN3S. The molecule has 0 saturated heterocycles. The summed E-state index contributed by atoms with van der Waals surface area (Å²) < 4.78 is 13.2. The van der Waals surface area contributed by atoms with Crippen molar-refractivity contribution in [2.45, 2.75) is 26.8 Å². The van der Waals surface area contributed by atoms with Crippen LogP contribution in [0, 0.1) is 31.0 Å². The van der Waals surface area contributed by atoms with E-state index in [1.165, 1.54) is 17.0 Å². The Kier molecular flexibility index (Phi) is 3.82. The number of thiazole rings is 1. The van der Waals surface area contributed by atoms with Gasteiger partial charge in [0.15, 0.2) is 0 Å². The van der Waals surface area contributed by atoms with E-state index in [1.807, 2.05) is 26.8 Å². The van der Waals surface area contributed by atoms with Gasteiger partial charge in [-0.15, -0.1) is 11.3 Å². The van der Waals surface area contributed by atoms with Crippen molar-refractivity contribution in [3.8, 4) is 6.07 Å². The van der Waals surface area contributed by atoms with Crippen LogP contribution >= 0.6 is 11.3 Å². The lowest BCUT2D eigenvalue weighted by atomic mass is 10.1. The Morgan fingerprint density at radius 3 is 2.74 bits per heavy atom. The molecule has 1 unspecified atom stereocenters. The molecule has 0 fully saturated rings. The number of hydrogen-bond donors (Lipinski definition) is 1. The fraction of sp³-hybridized carbons (Fsp3) is 0.286. The van der Waals surface area contributed by atoms with Crippen molar-refractivity contribution in [3.63, 3.8) is 0 Å². The molecule has 19 heavy (non-hydrogen) atoms. The van der Waals surface area contributed by atoms with Crippen LogP contribution in [0.25, 0.3) is 0 Å². The van der Waals surface area contributed by atoms with E-state index in [4.69, 9.17) is 5.26 Å². The maximum atomic E-state index is 13.2. The van der Waals surface area contributed by atoms with Gasteiger partial charge in [-0.05, 0) is 39.0 Å². The summed E-state index contributed by atoms with van der Waals surface area (Å²) in [5.41, 5.74) is 1.75. The van der Waals surface area contributed by atoms with Gasteiger partial charge in [-0.1, -0.05) is 0 Å². The summed E-state index contributed by atoms with van der Waals surface area (Å²) in [5.74, 6) is -0.499. The predicted octanol–water partition coefficient (Wildman–Crippen LogP) is 3.94. The normalized spacial score (nSPS) is 11.9. The van der Waals surface area contributed by atoms with Crippen LogP contribution in [-0.4, -0.2) is 4.98 Å². The van der Waals surface area contributed by atoms with Gasteiger partial charge in [-0.2, -0.15) is 5.26 Å². The SMILES string of the molecule is Cc1nc(C(C)Nc2ccc(F)c(C#N)c2)c(C)s1. The molecule has 0 saturated carbocycles. The minimum Gasteiger partial charge on any atom is -0.377 e. The highest BCUT2D eigenvalue weighted by Crippen LogP contribution is 2.26. The Morgan fingerprint density at radius 2 is 2.16 bits per heavy atom. The van der Waals surface area contributed by atoms with E-state index in [0.717, 1.165) is 16.4 Å². The van der Waals surface area contributed by atoms with E-state index < -0.39 is 5.82 Å². The van der Waals surface area contributed by atoms with Crippen molar-refractivity contribution in [2.75, 3.05) is 5.32 Å². The highest BCUT2D eigenvalue weighted by atomic mass is 32.1. The van der Waals surface area contributed by atoms with Gasteiger partial charge in [0.2, 0.25) is 0 Å². The maximum Gasteiger partial charge on any atom is 0.141 e. The minimum absolute atomic E-state index is 0.0157. The molecule has 1 aromatic heterocycles. The first-order chi connectivity index (χ1) is 9.01. The van der Waals surface area contributed by atoms with Gasteiger partial charge in [0, 0.05) is 10.6 Å². The molecule has 3 nitrogen and oxygen atoms in total. The largest absolute Gasteiger partial charge is 0.377 e. The fourth-order valence-electron chi connectivity index (χ4n) is 1.97. The third-order valence-corrected chi connectivity index (χ3v) is 3.72. The van der Waals surface area contributed by atoms with Crippen LogP contribution in [0.1, 0.15) is 34.1 Å². The van der Waals surface area contributed by atoms with Gasteiger partial charge < -0.3 is 5.32 Å². The minimum atomic E-state index is -0.499. The summed E-state index contributed by atoms with van der Waals surface area (Å²) in [6.45, 7) is 6.00. The second-order valence-corrected chi connectivity index (χ2v) is 5.75. The molecule has 1 aromatic carbocycles. The van der Waals surface area contributed by atoms with Crippen LogP contribution in [-0.2, 0) is 0 Å². The number of benzene rings is 1. The molecule has 0 radical (unpaired) electrons. The molecular weight excluding hydrogens is 261 g/mol. The number of rotatable bonds is 3. The molecule has 5 heteroatoms. The van der Waals surface area contributed by atoms with Crippen molar-refractivity contribution in [2.24, 2.45) is 0 Å². The topological polar surface area (TPSA) is 48.7 Å². The highest BCUT2D eigenvalue weighted by Gasteiger charge is 2.13. The monoisotopic (exact) mass is 275 g/mol. The number of anilines is 1. The fourth-order valence-corrected chi connectivity index (χ4v) is 2.88. The zero-order valence-corrected chi connectivity index (χ0v) is 11.8. The molecule has 0 aliphatic rings. The summed E-state index contributed by atoms with van der Waals surface area (Å²) in [6, 6.07) is 6.29. The molecule has 1 heterocycles. The average Bonchev–Trinajstić information content (AvgIpc) is 2.71. The van der Waals surface area contributed by atoms with E-state index in [2.05, 4.69) is 10.3 Å². The standard InChI is InChI=1S/C14H14FN3S/c1-8(14-9(2)19-10(3)18-14)17-12-4-5-13(15)11(6-12)7-16/h4-6,8,17H,1-3H3. The van der Waals surface area contributed by atoms with Crippen molar-refractivity contribution >= 4 is 17.0 Å². The van der Waals surface area contributed by atoms with Crippen molar-refractivity contribution in [3.05, 3.63) is 45.2 Å². The molecule has 0 aliphatic heterocycles. The first-order valence-electron chi connectivity index (χ1n) is 5.91. The Morgan fingerprint density at radius 1 is 1.42 bits per heavy atom. The molecule has 0 bridgehead atoms. The number of aromatic nitrogens is 1. The van der Waals surface area contributed by atoms with Gasteiger partial charge in [0.1, 0.15) is 11.9 Å². The Bertz CT molecular complexity index is 643. The van der Waals surface area contributed by atoms with Gasteiger partial charge in [-0.25, -0.2) is 9.37 Å². The molecule has 98 valence electrons. The van der Waals surface area contributed by atoms with Crippen LogP contribution in [0.3, 0.4) is 0 Å². The second-order valence-electron chi connectivity index (χ2n) is 4.35. The zero-order valence-electron chi connectivity index (χ0n) is 11.0. The summed E-state index contributed by atoms with van der Waals surface area (Å²) in [5, 5.41) is 13.1. The first kappa shape index (κ1) is 13.5. The average molecular weight is 275 g/mol. The van der Waals surface area contributed by atoms with Crippen LogP contribution in [0.15, 0.2) is 18.2 Å². The van der Waals surface area contributed by atoms with Gasteiger partial charge in [-0.3, -0.25) is 0 Å². The lowest BCUT2D eigenvalue weighted by molar-refractivity contribution is 0.624. The Hall–Kier alpha value is -1.93. The van der Waals surface area contributed by atoms with Crippen molar-refractivity contribution in [1.29, 1.82) is 5.26 Å². The quantitative estimate of drug-likeness (QED) is 0.922. The summed E-state index contributed by atoms with van der Waals surface area (Å²) in [7, 11) is 0.